The third-order valence-electron chi connectivity index (χ3n) is 2.69. The van der Waals surface area contributed by atoms with Crippen LogP contribution in [0, 0.1) is 0 Å². The summed E-state index contributed by atoms with van der Waals surface area (Å²) in [5.74, 6) is 6.28. The number of aromatic nitrogens is 3. The van der Waals surface area contributed by atoms with Gasteiger partial charge in [0.15, 0.2) is 5.75 Å². The van der Waals surface area contributed by atoms with Gasteiger partial charge in [0.1, 0.15) is 10.8 Å². The summed E-state index contributed by atoms with van der Waals surface area (Å²) in [4.78, 5) is 4.04. The lowest BCUT2D eigenvalue weighted by Gasteiger charge is -2.17. The Bertz CT molecular complexity index is 525. The number of nitrogens with one attached hydrogen (secondary N) is 1. The Labute approximate surface area is 110 Å². The number of hydrogen-bond donors (Lipinski definition) is 2. The van der Waals surface area contributed by atoms with Gasteiger partial charge < -0.3 is 4.74 Å². The number of halogens is 1. The van der Waals surface area contributed by atoms with Crippen LogP contribution in [0.2, 0.25) is 5.15 Å². The highest BCUT2D eigenvalue weighted by molar-refractivity contribution is 6.29. The Hall–Kier alpha value is -1.63. The van der Waals surface area contributed by atoms with E-state index in [1.807, 2.05) is 13.1 Å². The van der Waals surface area contributed by atoms with Crippen LogP contribution in [0.15, 0.2) is 24.5 Å². The summed E-state index contributed by atoms with van der Waals surface area (Å²) in [5, 5.41) is 4.59. The van der Waals surface area contributed by atoms with Gasteiger partial charge in [0.05, 0.1) is 19.3 Å². The summed E-state index contributed by atoms with van der Waals surface area (Å²) in [6, 6.07) is 3.30. The van der Waals surface area contributed by atoms with Crippen LogP contribution in [0.1, 0.15) is 17.3 Å². The molecule has 0 spiro atoms. The standard InChI is InChI=1S/C11H14ClN5O/c1-17-11(8(18-2)6-15-17)10(16-13)7-3-4-9(12)14-5-7/h3-6,10,16H,13H2,1-2H3. The number of rotatable bonds is 4. The predicted octanol–water partition coefficient (Wildman–Crippen LogP) is 1.03. The van der Waals surface area contributed by atoms with Crippen molar-refractivity contribution in [1.29, 1.82) is 0 Å². The molecule has 1 unspecified atom stereocenters. The molecule has 0 aliphatic heterocycles. The molecule has 18 heavy (non-hydrogen) atoms. The van der Waals surface area contributed by atoms with E-state index in [2.05, 4.69) is 15.5 Å². The number of methoxy groups -OCH3 is 1. The van der Waals surface area contributed by atoms with Gasteiger partial charge in [-0.25, -0.2) is 10.4 Å². The van der Waals surface area contributed by atoms with E-state index in [1.165, 1.54) is 0 Å². The molecule has 96 valence electrons. The molecule has 1 atom stereocenters. The highest BCUT2D eigenvalue weighted by Crippen LogP contribution is 2.28. The summed E-state index contributed by atoms with van der Waals surface area (Å²) in [7, 11) is 3.42. The topological polar surface area (TPSA) is 78.0 Å². The van der Waals surface area contributed by atoms with Gasteiger partial charge in [-0.1, -0.05) is 17.7 Å². The molecule has 0 aliphatic carbocycles. The molecular formula is C11H14ClN5O. The molecule has 0 aliphatic rings. The largest absolute Gasteiger partial charge is 0.493 e. The summed E-state index contributed by atoms with van der Waals surface area (Å²) in [5.41, 5.74) is 4.43. The molecule has 0 saturated carbocycles. The normalized spacial score (nSPS) is 12.4. The van der Waals surface area contributed by atoms with Crippen LogP contribution in [0.5, 0.6) is 5.75 Å². The number of aryl methyl sites for hydroxylation is 1. The smallest absolute Gasteiger partial charge is 0.161 e. The first-order valence-corrected chi connectivity index (χ1v) is 5.68. The average molecular weight is 268 g/mol. The van der Waals surface area contributed by atoms with Gasteiger partial charge in [-0.2, -0.15) is 5.10 Å². The minimum Gasteiger partial charge on any atom is -0.493 e. The number of hydrazine groups is 1. The number of ether oxygens (including phenoxy) is 1. The highest BCUT2D eigenvalue weighted by Gasteiger charge is 2.21. The van der Waals surface area contributed by atoms with Crippen molar-refractivity contribution in [3.8, 4) is 5.75 Å². The molecule has 0 bridgehead atoms. The maximum atomic E-state index is 5.77. The number of nitrogens with two attached hydrogens (primary N) is 1. The predicted molar refractivity (Wildman–Crippen MR) is 68.2 cm³/mol. The molecule has 2 heterocycles. The number of pyridine rings is 1. The van der Waals surface area contributed by atoms with Crippen LogP contribution in [-0.2, 0) is 7.05 Å². The van der Waals surface area contributed by atoms with Crippen LogP contribution >= 0.6 is 11.6 Å². The summed E-state index contributed by atoms with van der Waals surface area (Å²) < 4.78 is 6.98. The summed E-state index contributed by atoms with van der Waals surface area (Å²) in [6.45, 7) is 0. The zero-order chi connectivity index (χ0) is 13.1. The molecule has 0 fully saturated rings. The van der Waals surface area contributed by atoms with Crippen molar-refractivity contribution >= 4 is 11.6 Å². The van der Waals surface area contributed by atoms with Gasteiger partial charge >= 0.3 is 0 Å². The third-order valence-corrected chi connectivity index (χ3v) is 2.92. The Kier molecular flexibility index (Phi) is 3.81. The Morgan fingerprint density at radius 1 is 1.44 bits per heavy atom. The van der Waals surface area contributed by atoms with Crippen molar-refractivity contribution in [1.82, 2.24) is 20.2 Å². The first-order chi connectivity index (χ1) is 8.67. The summed E-state index contributed by atoms with van der Waals surface area (Å²) >= 11 is 5.77. The van der Waals surface area contributed by atoms with Crippen molar-refractivity contribution < 1.29 is 4.74 Å². The third kappa shape index (κ3) is 2.31. The van der Waals surface area contributed by atoms with Crippen molar-refractivity contribution in [2.45, 2.75) is 6.04 Å². The fourth-order valence-corrected chi connectivity index (χ4v) is 1.92. The maximum Gasteiger partial charge on any atom is 0.161 e. The second-order valence-electron chi connectivity index (χ2n) is 3.74. The number of hydrogen-bond acceptors (Lipinski definition) is 5. The van der Waals surface area contributed by atoms with E-state index in [0.29, 0.717) is 10.9 Å². The van der Waals surface area contributed by atoms with E-state index >= 15 is 0 Å². The second kappa shape index (κ2) is 5.34. The van der Waals surface area contributed by atoms with Crippen LogP contribution in [0.25, 0.3) is 0 Å². The molecule has 2 aromatic heterocycles. The fraction of sp³-hybridized carbons (Fsp3) is 0.273. The van der Waals surface area contributed by atoms with Crippen LogP contribution in [0.3, 0.4) is 0 Å². The summed E-state index contributed by atoms with van der Waals surface area (Å²) in [6.07, 6.45) is 3.31. The molecule has 7 heteroatoms. The van der Waals surface area contributed by atoms with E-state index < -0.39 is 0 Å². The van der Waals surface area contributed by atoms with Crippen molar-refractivity contribution in [2.75, 3.05) is 7.11 Å². The first kappa shape index (κ1) is 12.8. The SMILES string of the molecule is COc1cnn(C)c1C(NN)c1ccc(Cl)nc1. The molecular weight excluding hydrogens is 254 g/mol. The zero-order valence-electron chi connectivity index (χ0n) is 10.1. The molecule has 2 rings (SSSR count). The molecule has 6 nitrogen and oxygen atoms in total. The average Bonchev–Trinajstić information content (AvgIpc) is 2.74. The Balaban J connectivity index is 2.44. The van der Waals surface area contributed by atoms with Crippen LogP contribution < -0.4 is 16.0 Å². The Morgan fingerprint density at radius 3 is 2.78 bits per heavy atom. The minimum atomic E-state index is -0.266. The lowest BCUT2D eigenvalue weighted by Crippen LogP contribution is -2.30. The second-order valence-corrected chi connectivity index (χ2v) is 4.12. The zero-order valence-corrected chi connectivity index (χ0v) is 10.8. The highest BCUT2D eigenvalue weighted by atomic mass is 35.5. The fourth-order valence-electron chi connectivity index (χ4n) is 1.80. The lowest BCUT2D eigenvalue weighted by molar-refractivity contribution is 0.401. The molecule has 0 amide bonds. The number of nitrogens with zero attached hydrogens (tertiary/aromatic N) is 3. The lowest BCUT2D eigenvalue weighted by atomic mass is 10.1. The van der Waals surface area contributed by atoms with Crippen LogP contribution in [0.4, 0.5) is 0 Å². The van der Waals surface area contributed by atoms with Gasteiger partial charge in [0.25, 0.3) is 0 Å². The van der Waals surface area contributed by atoms with Gasteiger partial charge in [-0.05, 0) is 11.6 Å². The first-order valence-electron chi connectivity index (χ1n) is 5.30. The molecule has 0 saturated heterocycles. The van der Waals surface area contributed by atoms with E-state index in [4.69, 9.17) is 22.2 Å². The molecule has 3 N–H and O–H groups in total. The van der Waals surface area contributed by atoms with Gasteiger partial charge in [0.2, 0.25) is 0 Å². The quantitative estimate of drug-likeness (QED) is 0.491. The van der Waals surface area contributed by atoms with E-state index in [1.54, 1.807) is 30.3 Å². The van der Waals surface area contributed by atoms with Crippen molar-refractivity contribution in [2.24, 2.45) is 12.9 Å². The Morgan fingerprint density at radius 2 is 2.22 bits per heavy atom. The van der Waals surface area contributed by atoms with E-state index in [-0.39, 0.29) is 6.04 Å². The molecule has 0 aromatic carbocycles. The van der Waals surface area contributed by atoms with Gasteiger partial charge in [-0.15, -0.1) is 0 Å². The van der Waals surface area contributed by atoms with E-state index in [0.717, 1.165) is 11.3 Å². The van der Waals surface area contributed by atoms with Crippen LogP contribution in [-0.4, -0.2) is 21.9 Å². The van der Waals surface area contributed by atoms with Gasteiger partial charge in [-0.3, -0.25) is 10.5 Å². The minimum absolute atomic E-state index is 0.266. The van der Waals surface area contributed by atoms with Crippen molar-refractivity contribution in [3.05, 3.63) is 40.9 Å². The maximum absolute atomic E-state index is 5.77. The molecule has 0 radical (unpaired) electrons. The van der Waals surface area contributed by atoms with Gasteiger partial charge in [0, 0.05) is 13.2 Å². The monoisotopic (exact) mass is 267 g/mol. The van der Waals surface area contributed by atoms with Crippen molar-refractivity contribution in [3.63, 3.8) is 0 Å². The molecule has 2 aromatic rings. The van der Waals surface area contributed by atoms with E-state index in [9.17, 15) is 0 Å².